The Balaban J connectivity index is 1.42. The largest absolute Gasteiger partial charge is 0.495 e. The highest BCUT2D eigenvalue weighted by Crippen LogP contribution is 2.35. The molecule has 1 saturated carbocycles. The number of non-ortho nitro benzene ring substituents is 1. The maximum absolute atomic E-state index is 14.2. The molecule has 1 aliphatic carbocycles. The molecule has 2 aromatic heterocycles. The van der Waals surface area contributed by atoms with Crippen LogP contribution in [0.3, 0.4) is 0 Å². The Labute approximate surface area is 244 Å². The van der Waals surface area contributed by atoms with Crippen LogP contribution < -0.4 is 15.4 Å². The molecule has 2 atom stereocenters. The summed E-state index contributed by atoms with van der Waals surface area (Å²) in [6.07, 6.45) is 8.99. The van der Waals surface area contributed by atoms with E-state index in [1.165, 1.54) is 24.8 Å². The number of amides is 1. The molecular weight excluding hydrogens is 534 g/mol. The van der Waals surface area contributed by atoms with Crippen molar-refractivity contribution in [2.45, 2.75) is 57.0 Å². The van der Waals surface area contributed by atoms with Gasteiger partial charge in [0.2, 0.25) is 5.91 Å². The molecule has 0 spiro atoms. The number of nitro benzene ring substituents is 1. The van der Waals surface area contributed by atoms with Gasteiger partial charge in [-0.1, -0.05) is 49.6 Å². The standard InChI is InChI=1S/C32H35N5O5/c1-32(19-22-9-5-3-6-10-22,36-31-34-28(21-42-31)23-13-15-25(16-14-23)37(39)40)30(38)35-29(24-11-7-4-8-12-24)27-18-17-26(41-2)20-33-27/h3,5-6,9-10,13-18,20-21,24,29H,4,7-8,11-12,19H2,1-2H3,(H,34,36)(H,35,38). The molecule has 1 aliphatic rings. The van der Waals surface area contributed by atoms with E-state index in [9.17, 15) is 14.9 Å². The van der Waals surface area contributed by atoms with Crippen LogP contribution in [0.1, 0.15) is 56.3 Å². The summed E-state index contributed by atoms with van der Waals surface area (Å²) >= 11 is 0. The van der Waals surface area contributed by atoms with Crippen LogP contribution in [-0.2, 0) is 11.2 Å². The van der Waals surface area contributed by atoms with Crippen LogP contribution >= 0.6 is 0 Å². The van der Waals surface area contributed by atoms with Gasteiger partial charge in [0.05, 0.1) is 30.0 Å². The number of anilines is 1. The monoisotopic (exact) mass is 569 g/mol. The van der Waals surface area contributed by atoms with Crippen molar-refractivity contribution in [3.8, 4) is 17.0 Å². The molecule has 1 amide bonds. The molecule has 0 aliphatic heterocycles. The lowest BCUT2D eigenvalue weighted by Crippen LogP contribution is -2.53. The van der Waals surface area contributed by atoms with Crippen LogP contribution in [0.5, 0.6) is 5.75 Å². The first-order valence-electron chi connectivity index (χ1n) is 14.2. The molecule has 0 saturated heterocycles. The zero-order chi connectivity index (χ0) is 29.5. The fraction of sp³-hybridized carbons (Fsp3) is 0.344. The van der Waals surface area contributed by atoms with Gasteiger partial charge < -0.3 is 19.8 Å². The van der Waals surface area contributed by atoms with Crippen molar-refractivity contribution in [1.82, 2.24) is 15.3 Å². The molecule has 1 fully saturated rings. The Hall–Kier alpha value is -4.73. The van der Waals surface area contributed by atoms with Crippen LogP contribution in [-0.4, -0.2) is 33.4 Å². The fourth-order valence-electron chi connectivity index (χ4n) is 5.54. The van der Waals surface area contributed by atoms with Gasteiger partial charge in [-0.25, -0.2) is 0 Å². The highest BCUT2D eigenvalue weighted by atomic mass is 16.6. The maximum Gasteiger partial charge on any atom is 0.295 e. The number of rotatable bonds is 11. The van der Waals surface area contributed by atoms with Crippen molar-refractivity contribution in [3.63, 3.8) is 0 Å². The molecule has 0 bridgehead atoms. The molecule has 5 rings (SSSR count). The summed E-state index contributed by atoms with van der Waals surface area (Å²) in [5, 5.41) is 17.6. The fourth-order valence-corrected chi connectivity index (χ4v) is 5.54. The SMILES string of the molecule is COc1ccc(C(NC(=O)C(C)(Cc2ccccc2)Nc2nc(-c3ccc([N+](=O)[O-])cc3)co2)C2CCCCC2)nc1. The molecule has 2 unspecified atom stereocenters. The van der Waals surface area contributed by atoms with E-state index < -0.39 is 10.5 Å². The molecule has 4 aromatic rings. The van der Waals surface area contributed by atoms with Gasteiger partial charge in [0.1, 0.15) is 23.2 Å². The Bertz CT molecular complexity index is 1480. The number of oxazole rings is 1. The van der Waals surface area contributed by atoms with Gasteiger partial charge in [0.15, 0.2) is 0 Å². The van der Waals surface area contributed by atoms with Crippen molar-refractivity contribution >= 4 is 17.6 Å². The molecular formula is C32H35N5O5. The summed E-state index contributed by atoms with van der Waals surface area (Å²) in [5.41, 5.74) is 1.80. The summed E-state index contributed by atoms with van der Waals surface area (Å²) in [7, 11) is 1.60. The maximum atomic E-state index is 14.2. The molecule has 2 N–H and O–H groups in total. The number of methoxy groups -OCH3 is 1. The Morgan fingerprint density at radius 2 is 1.83 bits per heavy atom. The molecule has 42 heavy (non-hydrogen) atoms. The average molecular weight is 570 g/mol. The van der Waals surface area contributed by atoms with Crippen molar-refractivity contribution in [1.29, 1.82) is 0 Å². The summed E-state index contributed by atoms with van der Waals surface area (Å²) in [6.45, 7) is 1.84. The number of carbonyl (C=O) groups is 1. The van der Waals surface area contributed by atoms with Gasteiger partial charge >= 0.3 is 0 Å². The lowest BCUT2D eigenvalue weighted by Gasteiger charge is -2.35. The van der Waals surface area contributed by atoms with Gasteiger partial charge in [-0.05, 0) is 55.5 Å². The quantitative estimate of drug-likeness (QED) is 0.154. The predicted octanol–water partition coefficient (Wildman–Crippen LogP) is 6.50. The molecule has 10 heteroatoms. The van der Waals surface area contributed by atoms with E-state index in [4.69, 9.17) is 9.15 Å². The van der Waals surface area contributed by atoms with Crippen LogP contribution in [0.25, 0.3) is 11.3 Å². The number of nitro groups is 1. The van der Waals surface area contributed by atoms with Crippen LogP contribution in [0.15, 0.2) is 83.6 Å². The van der Waals surface area contributed by atoms with E-state index in [0.717, 1.165) is 36.9 Å². The van der Waals surface area contributed by atoms with E-state index >= 15 is 0 Å². The zero-order valence-corrected chi connectivity index (χ0v) is 23.8. The third-order valence-electron chi connectivity index (χ3n) is 7.88. The minimum Gasteiger partial charge on any atom is -0.495 e. The molecule has 218 valence electrons. The number of ether oxygens (including phenoxy) is 1. The number of aromatic nitrogens is 2. The third kappa shape index (κ3) is 6.76. The Kier molecular flexibility index (Phi) is 8.80. The van der Waals surface area contributed by atoms with Gasteiger partial charge in [0.25, 0.3) is 11.7 Å². The average Bonchev–Trinajstić information content (AvgIpc) is 3.48. The second kappa shape index (κ2) is 12.8. The van der Waals surface area contributed by atoms with Crippen molar-refractivity contribution in [2.75, 3.05) is 12.4 Å². The summed E-state index contributed by atoms with van der Waals surface area (Å²) in [6, 6.07) is 19.6. The molecule has 2 heterocycles. The van der Waals surface area contributed by atoms with E-state index in [1.807, 2.05) is 49.4 Å². The normalized spacial score (nSPS) is 15.8. The van der Waals surface area contributed by atoms with Crippen molar-refractivity contribution < 1.29 is 18.9 Å². The second-order valence-corrected chi connectivity index (χ2v) is 10.9. The second-order valence-electron chi connectivity index (χ2n) is 10.9. The topological polar surface area (TPSA) is 132 Å². The van der Waals surface area contributed by atoms with Crippen LogP contribution in [0.4, 0.5) is 11.7 Å². The number of nitrogens with zero attached hydrogens (tertiary/aromatic N) is 3. The predicted molar refractivity (Wildman–Crippen MR) is 159 cm³/mol. The highest BCUT2D eigenvalue weighted by molar-refractivity contribution is 5.89. The van der Waals surface area contributed by atoms with Gasteiger partial charge in [-0.3, -0.25) is 19.9 Å². The number of benzene rings is 2. The van der Waals surface area contributed by atoms with Crippen LogP contribution in [0, 0.1) is 16.0 Å². The summed E-state index contributed by atoms with van der Waals surface area (Å²) in [4.78, 5) is 34.0. The first-order valence-corrected chi connectivity index (χ1v) is 14.2. The van der Waals surface area contributed by atoms with E-state index in [1.54, 1.807) is 25.4 Å². The van der Waals surface area contributed by atoms with Crippen LogP contribution in [0.2, 0.25) is 0 Å². The minimum absolute atomic E-state index is 0.00781. The first kappa shape index (κ1) is 28.8. The van der Waals surface area contributed by atoms with Gasteiger partial charge in [-0.2, -0.15) is 4.98 Å². The van der Waals surface area contributed by atoms with Gasteiger partial charge in [0, 0.05) is 24.1 Å². The van der Waals surface area contributed by atoms with Crippen molar-refractivity contribution in [3.05, 3.63) is 101 Å². The first-order chi connectivity index (χ1) is 20.3. The third-order valence-corrected chi connectivity index (χ3v) is 7.88. The molecule has 2 aromatic carbocycles. The molecule has 10 nitrogen and oxygen atoms in total. The van der Waals surface area contributed by atoms with E-state index in [-0.39, 0.29) is 29.6 Å². The van der Waals surface area contributed by atoms with E-state index in [2.05, 4.69) is 20.6 Å². The smallest absolute Gasteiger partial charge is 0.295 e. The summed E-state index contributed by atoms with van der Waals surface area (Å²) in [5.74, 6) is 0.727. The number of hydrogen-bond acceptors (Lipinski definition) is 8. The number of carbonyl (C=O) groups excluding carboxylic acids is 1. The van der Waals surface area contributed by atoms with Crippen molar-refractivity contribution in [2.24, 2.45) is 5.92 Å². The van der Waals surface area contributed by atoms with Gasteiger partial charge in [-0.15, -0.1) is 0 Å². The number of nitrogens with one attached hydrogen (secondary N) is 2. The Morgan fingerprint density at radius 3 is 2.48 bits per heavy atom. The summed E-state index contributed by atoms with van der Waals surface area (Å²) < 4.78 is 11.1. The molecule has 0 radical (unpaired) electrons. The number of pyridine rings is 1. The number of hydrogen-bond donors (Lipinski definition) is 2. The lowest BCUT2D eigenvalue weighted by atomic mass is 9.81. The zero-order valence-electron chi connectivity index (χ0n) is 23.8. The minimum atomic E-state index is -1.13. The Morgan fingerprint density at radius 1 is 1.10 bits per heavy atom. The highest BCUT2D eigenvalue weighted by Gasteiger charge is 2.38. The lowest BCUT2D eigenvalue weighted by molar-refractivity contribution is -0.384. The van der Waals surface area contributed by atoms with E-state index in [0.29, 0.717) is 23.4 Å².